The average molecular weight is 285 g/mol. The number of nitrogens with zero attached hydrogens (tertiary/aromatic N) is 4. The fraction of sp³-hybridized carbons (Fsp3) is 0.455. The van der Waals surface area contributed by atoms with Crippen LogP contribution in [-0.4, -0.2) is 31.0 Å². The number of carbonyl (C=O) groups excluding carboxylic acids is 1. The molecular formula is C11H13ClN4O3. The fourth-order valence-corrected chi connectivity index (χ4v) is 1.72. The maximum Gasteiger partial charge on any atom is 0.326 e. The Morgan fingerprint density at radius 1 is 1.42 bits per heavy atom. The molecule has 0 bridgehead atoms. The van der Waals surface area contributed by atoms with E-state index in [-0.39, 0.29) is 17.1 Å². The van der Waals surface area contributed by atoms with E-state index in [1.807, 2.05) is 0 Å². The van der Waals surface area contributed by atoms with Crippen molar-refractivity contribution >= 4 is 23.1 Å². The smallest absolute Gasteiger partial charge is 0.326 e. The molecule has 2 heterocycles. The minimum absolute atomic E-state index is 0.132. The van der Waals surface area contributed by atoms with Gasteiger partial charge in [0, 0.05) is 0 Å². The summed E-state index contributed by atoms with van der Waals surface area (Å²) in [6.45, 7) is 5.04. The van der Waals surface area contributed by atoms with Gasteiger partial charge < -0.3 is 4.74 Å². The summed E-state index contributed by atoms with van der Waals surface area (Å²) < 4.78 is 7.40. The number of ether oxygens (including phenoxy) is 1. The van der Waals surface area contributed by atoms with E-state index in [1.165, 1.54) is 12.5 Å². The number of carbonyl (C=O) groups is 1. The van der Waals surface area contributed by atoms with Crippen LogP contribution in [0, 0.1) is 0 Å². The van der Waals surface area contributed by atoms with Crippen LogP contribution in [-0.2, 0) is 16.1 Å². The third kappa shape index (κ3) is 2.93. The highest BCUT2D eigenvalue weighted by Crippen LogP contribution is 2.11. The zero-order valence-electron chi connectivity index (χ0n) is 10.8. The predicted octanol–water partition coefficient (Wildman–Crippen LogP) is 0.886. The number of hydrogen-bond donors (Lipinski definition) is 0. The van der Waals surface area contributed by atoms with Crippen molar-refractivity contribution in [2.45, 2.75) is 32.9 Å². The van der Waals surface area contributed by atoms with Gasteiger partial charge in [0.25, 0.3) is 5.56 Å². The maximum atomic E-state index is 12.1. The summed E-state index contributed by atoms with van der Waals surface area (Å²) in [6, 6.07) is 0. The Balaban J connectivity index is 2.31. The molecule has 0 spiro atoms. The molecule has 0 aliphatic rings. The second-order valence-electron chi connectivity index (χ2n) is 4.98. The van der Waals surface area contributed by atoms with Gasteiger partial charge in [-0.25, -0.2) is 0 Å². The van der Waals surface area contributed by atoms with E-state index < -0.39 is 17.1 Å². The van der Waals surface area contributed by atoms with E-state index >= 15 is 0 Å². The zero-order valence-corrected chi connectivity index (χ0v) is 11.5. The van der Waals surface area contributed by atoms with Crippen molar-refractivity contribution in [2.24, 2.45) is 0 Å². The quantitative estimate of drug-likeness (QED) is 0.765. The monoisotopic (exact) mass is 284 g/mol. The van der Waals surface area contributed by atoms with E-state index in [4.69, 9.17) is 16.3 Å². The zero-order chi connectivity index (χ0) is 14.2. The molecule has 0 fully saturated rings. The summed E-state index contributed by atoms with van der Waals surface area (Å²) in [7, 11) is 0. The van der Waals surface area contributed by atoms with Crippen LogP contribution in [0.5, 0.6) is 0 Å². The van der Waals surface area contributed by atoms with Crippen LogP contribution in [0.1, 0.15) is 20.8 Å². The van der Waals surface area contributed by atoms with E-state index in [9.17, 15) is 9.59 Å². The second-order valence-corrected chi connectivity index (χ2v) is 5.39. The van der Waals surface area contributed by atoms with Gasteiger partial charge in [-0.2, -0.15) is 5.10 Å². The molecule has 0 atom stereocenters. The van der Waals surface area contributed by atoms with Gasteiger partial charge in [0.1, 0.15) is 18.5 Å². The predicted molar refractivity (Wildman–Crippen MR) is 68.1 cm³/mol. The van der Waals surface area contributed by atoms with Crippen molar-refractivity contribution < 1.29 is 9.53 Å². The summed E-state index contributed by atoms with van der Waals surface area (Å²) in [5.74, 6) is -0.517. The van der Waals surface area contributed by atoms with Crippen LogP contribution < -0.4 is 5.56 Å². The minimum Gasteiger partial charge on any atom is -0.459 e. The highest BCUT2D eigenvalue weighted by atomic mass is 35.5. The molecule has 0 radical (unpaired) electrons. The first-order valence-electron chi connectivity index (χ1n) is 5.59. The van der Waals surface area contributed by atoms with Gasteiger partial charge in [0.15, 0.2) is 5.52 Å². The van der Waals surface area contributed by atoms with E-state index in [2.05, 4.69) is 10.2 Å². The van der Waals surface area contributed by atoms with Crippen LogP contribution in [0.3, 0.4) is 0 Å². The Kier molecular flexibility index (Phi) is 3.32. The number of esters is 1. The molecule has 2 aromatic rings. The van der Waals surface area contributed by atoms with Gasteiger partial charge in [0.05, 0.1) is 11.2 Å². The van der Waals surface area contributed by atoms with Gasteiger partial charge >= 0.3 is 5.97 Å². The molecule has 19 heavy (non-hydrogen) atoms. The molecule has 102 valence electrons. The lowest BCUT2D eigenvalue weighted by Gasteiger charge is -2.19. The second kappa shape index (κ2) is 4.65. The van der Waals surface area contributed by atoms with Crippen LogP contribution in [0.25, 0.3) is 5.52 Å². The van der Waals surface area contributed by atoms with Gasteiger partial charge in [-0.05, 0) is 20.8 Å². The maximum absolute atomic E-state index is 12.1. The van der Waals surface area contributed by atoms with Crippen LogP contribution >= 0.6 is 11.6 Å². The molecule has 2 rings (SSSR count). The van der Waals surface area contributed by atoms with Crippen LogP contribution in [0.2, 0.25) is 5.02 Å². The summed E-state index contributed by atoms with van der Waals surface area (Å²) in [6.07, 6.45) is 2.55. The molecule has 0 aromatic carbocycles. The minimum atomic E-state index is -0.605. The first-order chi connectivity index (χ1) is 8.78. The highest BCUT2D eigenvalue weighted by Gasteiger charge is 2.18. The summed E-state index contributed by atoms with van der Waals surface area (Å²) in [5, 5.41) is 7.88. The van der Waals surface area contributed by atoms with Crippen molar-refractivity contribution in [3.8, 4) is 0 Å². The topological polar surface area (TPSA) is 78.5 Å². The molecule has 0 aliphatic heterocycles. The Bertz CT molecular complexity index is 683. The van der Waals surface area contributed by atoms with Gasteiger partial charge in [-0.3, -0.25) is 14.2 Å². The van der Waals surface area contributed by atoms with Crippen LogP contribution in [0.4, 0.5) is 0 Å². The molecular weight excluding hydrogens is 272 g/mol. The number of halogens is 1. The fourth-order valence-electron chi connectivity index (χ4n) is 1.52. The third-order valence-corrected chi connectivity index (χ3v) is 2.47. The van der Waals surface area contributed by atoms with Crippen molar-refractivity contribution in [2.75, 3.05) is 0 Å². The number of hydrogen-bond acceptors (Lipinski definition) is 5. The normalized spacial score (nSPS) is 11.8. The van der Waals surface area contributed by atoms with Crippen molar-refractivity contribution in [1.29, 1.82) is 0 Å². The molecule has 0 aliphatic carbocycles. The molecule has 0 saturated carbocycles. The Hall–Kier alpha value is -1.89. The summed E-state index contributed by atoms with van der Waals surface area (Å²) in [5.41, 5.74) is -0.914. The molecule has 8 heteroatoms. The van der Waals surface area contributed by atoms with Gasteiger partial charge in [-0.15, -0.1) is 9.73 Å². The highest BCUT2D eigenvalue weighted by molar-refractivity contribution is 6.33. The standard InChI is InChI=1S/C11H13ClN4O3/c1-11(2,3)19-8(17)5-15-6-14-16-9(10(15)18)7(12)4-13-16/h4,6H,5H2,1-3H3. The van der Waals surface area contributed by atoms with Crippen molar-refractivity contribution in [3.05, 3.63) is 27.9 Å². The lowest BCUT2D eigenvalue weighted by molar-refractivity contribution is -0.155. The third-order valence-electron chi connectivity index (χ3n) is 2.19. The first kappa shape index (κ1) is 13.5. The molecule has 2 aromatic heterocycles. The number of aromatic nitrogens is 4. The molecule has 7 nitrogen and oxygen atoms in total. The van der Waals surface area contributed by atoms with Crippen LogP contribution in [0.15, 0.2) is 17.3 Å². The van der Waals surface area contributed by atoms with Crippen molar-refractivity contribution in [1.82, 2.24) is 19.4 Å². The lowest BCUT2D eigenvalue weighted by atomic mass is 10.2. The molecule has 0 saturated heterocycles. The number of rotatable bonds is 2. The molecule has 0 amide bonds. The lowest BCUT2D eigenvalue weighted by Crippen LogP contribution is -2.31. The van der Waals surface area contributed by atoms with Gasteiger partial charge in [-0.1, -0.05) is 11.6 Å². The Morgan fingerprint density at radius 2 is 2.11 bits per heavy atom. The van der Waals surface area contributed by atoms with E-state index in [0.29, 0.717) is 0 Å². The SMILES string of the molecule is CC(C)(C)OC(=O)Cn1cnn2ncc(Cl)c2c1=O. The van der Waals surface area contributed by atoms with E-state index in [1.54, 1.807) is 20.8 Å². The Morgan fingerprint density at radius 3 is 2.74 bits per heavy atom. The molecule has 0 N–H and O–H groups in total. The van der Waals surface area contributed by atoms with E-state index in [0.717, 1.165) is 9.20 Å². The summed E-state index contributed by atoms with van der Waals surface area (Å²) in [4.78, 5) is 23.8. The Labute approximate surface area is 113 Å². The average Bonchev–Trinajstić information content (AvgIpc) is 2.62. The first-order valence-corrected chi connectivity index (χ1v) is 5.96. The largest absolute Gasteiger partial charge is 0.459 e. The summed E-state index contributed by atoms with van der Waals surface area (Å²) >= 11 is 5.84. The van der Waals surface area contributed by atoms with Gasteiger partial charge in [0.2, 0.25) is 0 Å². The van der Waals surface area contributed by atoms with Crippen molar-refractivity contribution in [3.63, 3.8) is 0 Å². The number of fused-ring (bicyclic) bond motifs is 1. The molecule has 0 unspecified atom stereocenters.